The Hall–Kier alpha value is -1.31. The summed E-state index contributed by atoms with van der Waals surface area (Å²) < 4.78 is 26.1. The molecule has 1 aromatic carbocycles. The Labute approximate surface area is 100 Å². The molecule has 0 amide bonds. The van der Waals surface area contributed by atoms with Gasteiger partial charge in [0.15, 0.2) is 0 Å². The second-order valence-electron chi connectivity index (χ2n) is 3.63. The second-order valence-corrected chi connectivity index (χ2v) is 5.34. The maximum absolute atomic E-state index is 11.9. The Morgan fingerprint density at radius 1 is 1.47 bits per heavy atom. The predicted molar refractivity (Wildman–Crippen MR) is 64.0 cm³/mol. The van der Waals surface area contributed by atoms with E-state index in [0.717, 1.165) is 0 Å². The van der Waals surface area contributed by atoms with E-state index in [9.17, 15) is 13.5 Å². The summed E-state index contributed by atoms with van der Waals surface area (Å²) in [5, 5.41) is 18.1. The molecule has 0 aromatic heterocycles. The second kappa shape index (κ2) is 5.35. The molecular weight excluding hydrogens is 244 g/mol. The van der Waals surface area contributed by atoms with Crippen LogP contribution in [0.5, 0.6) is 5.75 Å². The SMILES string of the molecule is CC[C@@H](CO)NS(=O)(=O)c1ccc(O)c(N)c1. The van der Waals surface area contributed by atoms with Gasteiger partial charge in [0.2, 0.25) is 10.0 Å². The average molecular weight is 260 g/mol. The normalized spacial score (nSPS) is 13.5. The molecule has 1 atom stereocenters. The van der Waals surface area contributed by atoms with Crippen LogP contribution in [0.2, 0.25) is 0 Å². The van der Waals surface area contributed by atoms with Crippen molar-refractivity contribution in [3.8, 4) is 5.75 Å². The van der Waals surface area contributed by atoms with Crippen molar-refractivity contribution < 1.29 is 18.6 Å². The summed E-state index contributed by atoms with van der Waals surface area (Å²) in [4.78, 5) is -0.0419. The number of nitrogens with two attached hydrogens (primary N) is 1. The molecule has 5 N–H and O–H groups in total. The molecule has 0 aliphatic heterocycles. The van der Waals surface area contributed by atoms with Gasteiger partial charge in [-0.25, -0.2) is 13.1 Å². The van der Waals surface area contributed by atoms with E-state index in [1.165, 1.54) is 18.2 Å². The number of aromatic hydroxyl groups is 1. The Kier molecular flexibility index (Phi) is 4.33. The molecule has 6 nitrogen and oxygen atoms in total. The first-order chi connectivity index (χ1) is 7.90. The largest absolute Gasteiger partial charge is 0.506 e. The van der Waals surface area contributed by atoms with Crippen molar-refractivity contribution in [1.29, 1.82) is 0 Å². The summed E-state index contributed by atoms with van der Waals surface area (Å²) in [7, 11) is -3.72. The number of anilines is 1. The minimum Gasteiger partial charge on any atom is -0.506 e. The van der Waals surface area contributed by atoms with Gasteiger partial charge in [0.1, 0.15) is 5.75 Å². The number of aliphatic hydroxyl groups excluding tert-OH is 1. The van der Waals surface area contributed by atoms with Crippen LogP contribution in [0.15, 0.2) is 23.1 Å². The van der Waals surface area contributed by atoms with Gasteiger partial charge in [0, 0.05) is 6.04 Å². The lowest BCUT2D eigenvalue weighted by atomic mass is 10.3. The molecule has 0 aliphatic rings. The van der Waals surface area contributed by atoms with Gasteiger partial charge in [-0.15, -0.1) is 0 Å². The molecule has 17 heavy (non-hydrogen) atoms. The number of sulfonamides is 1. The summed E-state index contributed by atoms with van der Waals surface area (Å²) >= 11 is 0. The van der Waals surface area contributed by atoms with E-state index in [2.05, 4.69) is 4.72 Å². The monoisotopic (exact) mass is 260 g/mol. The Bertz CT molecular complexity index is 483. The van der Waals surface area contributed by atoms with E-state index in [1.54, 1.807) is 6.92 Å². The van der Waals surface area contributed by atoms with Gasteiger partial charge >= 0.3 is 0 Å². The summed E-state index contributed by atoms with van der Waals surface area (Å²) in [6.45, 7) is 1.48. The van der Waals surface area contributed by atoms with Crippen molar-refractivity contribution in [2.45, 2.75) is 24.3 Å². The lowest BCUT2D eigenvalue weighted by Crippen LogP contribution is -2.36. The van der Waals surface area contributed by atoms with E-state index in [0.29, 0.717) is 6.42 Å². The summed E-state index contributed by atoms with van der Waals surface area (Å²) in [6, 6.07) is 3.10. The molecule has 0 radical (unpaired) electrons. The number of rotatable bonds is 5. The number of nitrogen functional groups attached to an aromatic ring is 1. The van der Waals surface area contributed by atoms with Crippen molar-refractivity contribution in [2.75, 3.05) is 12.3 Å². The van der Waals surface area contributed by atoms with Crippen LogP contribution in [0.1, 0.15) is 13.3 Å². The highest BCUT2D eigenvalue weighted by molar-refractivity contribution is 7.89. The zero-order valence-electron chi connectivity index (χ0n) is 9.42. The molecule has 1 aromatic rings. The minimum absolute atomic E-state index is 0.00933. The molecule has 0 saturated heterocycles. The summed E-state index contributed by atoms with van der Waals surface area (Å²) in [6.07, 6.45) is 0.475. The smallest absolute Gasteiger partial charge is 0.240 e. The maximum atomic E-state index is 11.9. The van der Waals surface area contributed by atoms with E-state index >= 15 is 0 Å². The highest BCUT2D eigenvalue weighted by Gasteiger charge is 2.19. The van der Waals surface area contributed by atoms with Gasteiger partial charge in [-0.2, -0.15) is 0 Å². The van der Waals surface area contributed by atoms with Gasteiger partial charge in [-0.05, 0) is 24.6 Å². The van der Waals surface area contributed by atoms with Crippen LogP contribution in [0.3, 0.4) is 0 Å². The molecule has 0 saturated carbocycles. The van der Waals surface area contributed by atoms with Crippen LogP contribution >= 0.6 is 0 Å². The fourth-order valence-corrected chi connectivity index (χ4v) is 2.58. The van der Waals surface area contributed by atoms with E-state index in [4.69, 9.17) is 10.8 Å². The molecular formula is C10H16N2O4S. The summed E-state index contributed by atoms with van der Waals surface area (Å²) in [5.41, 5.74) is 5.41. The van der Waals surface area contributed by atoms with Crippen LogP contribution in [0, 0.1) is 0 Å². The maximum Gasteiger partial charge on any atom is 0.240 e. The molecule has 0 heterocycles. The molecule has 0 spiro atoms. The van der Waals surface area contributed by atoms with E-state index in [-0.39, 0.29) is 22.9 Å². The number of aliphatic hydroxyl groups is 1. The third-order valence-electron chi connectivity index (χ3n) is 2.34. The minimum atomic E-state index is -3.72. The van der Waals surface area contributed by atoms with Crippen molar-refractivity contribution in [3.05, 3.63) is 18.2 Å². The van der Waals surface area contributed by atoms with Gasteiger partial charge in [0.05, 0.1) is 17.2 Å². The first kappa shape index (κ1) is 13.8. The van der Waals surface area contributed by atoms with Gasteiger partial charge in [0.25, 0.3) is 0 Å². The van der Waals surface area contributed by atoms with E-state index < -0.39 is 16.1 Å². The van der Waals surface area contributed by atoms with E-state index in [1.807, 2.05) is 0 Å². The number of hydrogen-bond donors (Lipinski definition) is 4. The number of phenolic OH excluding ortho intramolecular Hbond substituents is 1. The number of hydrogen-bond acceptors (Lipinski definition) is 5. The quantitative estimate of drug-likeness (QED) is 0.440. The first-order valence-electron chi connectivity index (χ1n) is 5.12. The van der Waals surface area contributed by atoms with Crippen LogP contribution in [0.25, 0.3) is 0 Å². The topological polar surface area (TPSA) is 113 Å². The number of benzene rings is 1. The Morgan fingerprint density at radius 2 is 2.12 bits per heavy atom. The zero-order valence-corrected chi connectivity index (χ0v) is 10.2. The van der Waals surface area contributed by atoms with Crippen LogP contribution in [-0.4, -0.2) is 31.3 Å². The summed E-state index contributed by atoms with van der Waals surface area (Å²) in [5.74, 6) is -0.168. The third-order valence-corrected chi connectivity index (χ3v) is 3.86. The van der Waals surface area contributed by atoms with Gasteiger partial charge in [-0.1, -0.05) is 6.92 Å². The van der Waals surface area contributed by atoms with Gasteiger partial charge < -0.3 is 15.9 Å². The highest BCUT2D eigenvalue weighted by atomic mass is 32.2. The highest BCUT2D eigenvalue weighted by Crippen LogP contribution is 2.23. The first-order valence-corrected chi connectivity index (χ1v) is 6.60. The van der Waals surface area contributed by atoms with Crippen molar-refractivity contribution in [3.63, 3.8) is 0 Å². The molecule has 0 aliphatic carbocycles. The molecule has 1 rings (SSSR count). The van der Waals surface area contributed by atoms with Crippen LogP contribution in [-0.2, 0) is 10.0 Å². The predicted octanol–water partition coefficient (Wildman–Crippen LogP) is 0.0236. The fraction of sp³-hybridized carbons (Fsp3) is 0.400. The molecule has 96 valence electrons. The lowest BCUT2D eigenvalue weighted by Gasteiger charge is -2.14. The Balaban J connectivity index is 3.01. The van der Waals surface area contributed by atoms with Gasteiger partial charge in [-0.3, -0.25) is 0 Å². The third kappa shape index (κ3) is 3.32. The number of phenols is 1. The fourth-order valence-electron chi connectivity index (χ4n) is 1.24. The van der Waals surface area contributed by atoms with Crippen molar-refractivity contribution >= 4 is 15.7 Å². The zero-order chi connectivity index (χ0) is 13.1. The Morgan fingerprint density at radius 3 is 2.59 bits per heavy atom. The van der Waals surface area contributed by atoms with Crippen molar-refractivity contribution in [1.82, 2.24) is 4.72 Å². The average Bonchev–Trinajstić information content (AvgIpc) is 2.29. The number of nitrogens with one attached hydrogen (secondary N) is 1. The standard InChI is InChI=1S/C10H16N2O4S/c1-2-7(6-13)12-17(15,16)8-3-4-10(14)9(11)5-8/h3-5,7,12-14H,2,6,11H2,1H3/t7-/m0/s1. The molecule has 7 heteroatoms. The lowest BCUT2D eigenvalue weighted by molar-refractivity contribution is 0.254. The van der Waals surface area contributed by atoms with Crippen LogP contribution < -0.4 is 10.5 Å². The van der Waals surface area contributed by atoms with Crippen LogP contribution in [0.4, 0.5) is 5.69 Å². The van der Waals surface area contributed by atoms with Crippen molar-refractivity contribution in [2.24, 2.45) is 0 Å². The molecule has 0 fully saturated rings. The molecule has 0 unspecified atom stereocenters. The molecule has 0 bridgehead atoms.